The van der Waals surface area contributed by atoms with Crippen molar-refractivity contribution in [1.82, 2.24) is 5.32 Å². The Morgan fingerprint density at radius 1 is 0.393 bits per heavy atom. The van der Waals surface area contributed by atoms with Crippen LogP contribution in [0.2, 0.25) is 0 Å². The summed E-state index contributed by atoms with van der Waals surface area (Å²) in [6.45, 7) is 4.14. The van der Waals surface area contributed by atoms with E-state index in [9.17, 15) is 20.1 Å². The number of rotatable bonds is 50. The van der Waals surface area contributed by atoms with Crippen molar-refractivity contribution >= 4 is 5.91 Å². The number of hydrogen-bond acceptors (Lipinski definition) is 4. The Morgan fingerprint density at radius 2 is 0.672 bits per heavy atom. The van der Waals surface area contributed by atoms with Crippen LogP contribution in [0.5, 0.6) is 0 Å². The summed E-state index contributed by atoms with van der Waals surface area (Å²) in [5.41, 5.74) is 0. The van der Waals surface area contributed by atoms with Gasteiger partial charge in [-0.05, 0) is 77.0 Å². The van der Waals surface area contributed by atoms with Gasteiger partial charge < -0.3 is 20.6 Å². The van der Waals surface area contributed by atoms with E-state index in [0.717, 1.165) is 44.9 Å². The minimum atomic E-state index is -1.16. The number of carbonyl (C=O) groups is 1. The van der Waals surface area contributed by atoms with E-state index in [1.165, 1.54) is 218 Å². The van der Waals surface area contributed by atoms with Gasteiger partial charge >= 0.3 is 0 Å². The first-order chi connectivity index (χ1) is 30.1. The second-order valence-electron chi connectivity index (χ2n) is 18.8. The first-order valence-corrected chi connectivity index (χ1v) is 27.3. The van der Waals surface area contributed by atoms with Gasteiger partial charge in [-0.2, -0.15) is 0 Å². The van der Waals surface area contributed by atoms with Gasteiger partial charge in [-0.25, -0.2) is 0 Å². The van der Waals surface area contributed by atoms with Crippen molar-refractivity contribution in [3.8, 4) is 0 Å². The summed E-state index contributed by atoms with van der Waals surface area (Å²) in [5.74, 6) is -0.156. The van der Waals surface area contributed by atoms with Gasteiger partial charge in [0, 0.05) is 6.42 Å². The molecule has 0 aliphatic heterocycles. The Kier molecular flexibility index (Phi) is 50.0. The van der Waals surface area contributed by atoms with Gasteiger partial charge in [-0.15, -0.1) is 0 Å². The number of aliphatic hydroxyl groups excluding tert-OH is 3. The monoisotopic (exact) mass is 858 g/mol. The van der Waals surface area contributed by atoms with Crippen LogP contribution < -0.4 is 5.32 Å². The van der Waals surface area contributed by atoms with Crippen LogP contribution >= 0.6 is 0 Å². The molecule has 0 aromatic rings. The van der Waals surface area contributed by atoms with Gasteiger partial charge in [0.2, 0.25) is 5.91 Å². The molecule has 5 nitrogen and oxygen atoms in total. The van der Waals surface area contributed by atoms with Gasteiger partial charge in [0.05, 0.1) is 18.8 Å². The first-order valence-electron chi connectivity index (χ1n) is 27.3. The van der Waals surface area contributed by atoms with E-state index < -0.39 is 18.2 Å². The molecule has 1 amide bonds. The van der Waals surface area contributed by atoms with Crippen LogP contribution in [-0.4, -0.2) is 46.1 Å². The van der Waals surface area contributed by atoms with Crippen LogP contribution in [-0.2, 0) is 4.79 Å². The van der Waals surface area contributed by atoms with Gasteiger partial charge in [0.15, 0.2) is 0 Å². The third kappa shape index (κ3) is 46.4. The average molecular weight is 858 g/mol. The van der Waals surface area contributed by atoms with E-state index in [0.29, 0.717) is 12.8 Å². The van der Waals surface area contributed by atoms with Gasteiger partial charge in [0.1, 0.15) is 6.10 Å². The molecule has 0 radical (unpaired) electrons. The lowest BCUT2D eigenvalue weighted by molar-refractivity contribution is -0.124. The molecule has 0 spiro atoms. The molecule has 3 unspecified atom stereocenters. The second-order valence-corrected chi connectivity index (χ2v) is 18.8. The third-order valence-corrected chi connectivity index (χ3v) is 12.7. The van der Waals surface area contributed by atoms with Crippen LogP contribution in [0.25, 0.3) is 0 Å². The predicted octanol–water partition coefficient (Wildman–Crippen LogP) is 16.7. The lowest BCUT2D eigenvalue weighted by Gasteiger charge is -2.26. The number of nitrogens with one attached hydrogen (secondary N) is 1. The van der Waals surface area contributed by atoms with Gasteiger partial charge in [0.25, 0.3) is 0 Å². The normalized spacial score (nSPS) is 13.6. The van der Waals surface area contributed by atoms with Gasteiger partial charge in [-0.3, -0.25) is 4.79 Å². The molecule has 4 N–H and O–H groups in total. The maximum absolute atomic E-state index is 12.5. The number of carbonyl (C=O) groups excluding carboxylic acids is 1. The molecule has 0 fully saturated rings. The van der Waals surface area contributed by atoms with E-state index in [-0.39, 0.29) is 12.5 Å². The molecule has 0 aromatic heterocycles. The van der Waals surface area contributed by atoms with Crippen LogP contribution in [0.3, 0.4) is 0 Å². The molecular formula is C56H107NO4. The quantitative estimate of drug-likeness (QED) is 0.0362. The lowest BCUT2D eigenvalue weighted by atomic mass is 10.0. The number of aliphatic hydroxyl groups is 3. The van der Waals surface area contributed by atoms with E-state index in [1.807, 2.05) is 0 Å². The molecule has 0 bridgehead atoms. The smallest absolute Gasteiger partial charge is 0.220 e. The van der Waals surface area contributed by atoms with Crippen molar-refractivity contribution in [1.29, 1.82) is 0 Å². The molecule has 0 aliphatic rings. The van der Waals surface area contributed by atoms with E-state index in [2.05, 4.69) is 55.6 Å². The number of allylic oxidation sites excluding steroid dienone is 6. The topological polar surface area (TPSA) is 89.8 Å². The highest BCUT2D eigenvalue weighted by Gasteiger charge is 2.26. The number of unbranched alkanes of at least 4 members (excludes halogenated alkanes) is 36. The summed E-state index contributed by atoms with van der Waals surface area (Å²) in [4.78, 5) is 12.5. The van der Waals surface area contributed by atoms with Crippen LogP contribution in [0.1, 0.15) is 290 Å². The molecule has 0 saturated heterocycles. The predicted molar refractivity (Wildman–Crippen MR) is 268 cm³/mol. The summed E-state index contributed by atoms with van der Waals surface area (Å²) in [7, 11) is 0. The van der Waals surface area contributed by atoms with E-state index in [1.54, 1.807) is 0 Å². The fraction of sp³-hybridized carbons (Fsp3) is 0.875. The number of hydrogen-bond donors (Lipinski definition) is 4. The van der Waals surface area contributed by atoms with Crippen molar-refractivity contribution in [3.05, 3.63) is 36.5 Å². The van der Waals surface area contributed by atoms with E-state index >= 15 is 0 Å². The summed E-state index contributed by atoms with van der Waals surface area (Å²) >= 11 is 0. The minimum Gasteiger partial charge on any atom is -0.394 e. The molecular weight excluding hydrogens is 751 g/mol. The van der Waals surface area contributed by atoms with Gasteiger partial charge in [-0.1, -0.05) is 243 Å². The second kappa shape index (κ2) is 51.2. The highest BCUT2D eigenvalue weighted by molar-refractivity contribution is 5.76. The zero-order valence-electron chi connectivity index (χ0n) is 41.1. The first kappa shape index (κ1) is 59.6. The van der Waals surface area contributed by atoms with Crippen molar-refractivity contribution < 1.29 is 20.1 Å². The Hall–Kier alpha value is -1.43. The molecule has 0 aromatic carbocycles. The number of amides is 1. The largest absolute Gasteiger partial charge is 0.394 e. The summed E-state index contributed by atoms with van der Waals surface area (Å²) in [5, 5.41) is 33.5. The lowest BCUT2D eigenvalue weighted by Crippen LogP contribution is -2.50. The zero-order valence-corrected chi connectivity index (χ0v) is 41.1. The molecule has 0 aliphatic carbocycles. The van der Waals surface area contributed by atoms with Crippen molar-refractivity contribution in [2.75, 3.05) is 6.61 Å². The van der Waals surface area contributed by atoms with Crippen LogP contribution in [0.4, 0.5) is 0 Å². The molecule has 0 rings (SSSR count). The fourth-order valence-corrected chi connectivity index (χ4v) is 8.47. The van der Waals surface area contributed by atoms with Crippen molar-refractivity contribution in [3.63, 3.8) is 0 Å². The zero-order chi connectivity index (χ0) is 44.4. The minimum absolute atomic E-state index is 0.156. The molecule has 360 valence electrons. The van der Waals surface area contributed by atoms with Crippen LogP contribution in [0.15, 0.2) is 36.5 Å². The third-order valence-electron chi connectivity index (χ3n) is 12.7. The maximum Gasteiger partial charge on any atom is 0.220 e. The standard InChI is InChI=1S/C56H107NO4/c1-3-5-7-9-11-13-15-17-18-19-20-21-22-23-24-25-26-27-28-29-30-31-32-33-34-35-36-37-38-39-41-43-45-47-49-51-55(60)57-53(52-58)56(61)54(59)50-48-46-44-42-40-16-14-12-10-8-6-4-2/h12,14,25-26,42,44,53-54,56,58-59,61H,3-11,13,15-24,27-41,43,45-52H2,1-2H3,(H,57,60)/b14-12+,26-25-,44-42+. The van der Waals surface area contributed by atoms with Crippen LogP contribution in [0, 0.1) is 0 Å². The van der Waals surface area contributed by atoms with Crippen molar-refractivity contribution in [2.24, 2.45) is 0 Å². The Labute approximate surface area is 381 Å². The summed E-state index contributed by atoms with van der Waals surface area (Å²) in [6.07, 6.45) is 66.0. The molecule has 0 heterocycles. The fourth-order valence-electron chi connectivity index (χ4n) is 8.47. The van der Waals surface area contributed by atoms with Crippen molar-refractivity contribution in [2.45, 2.75) is 308 Å². The Morgan fingerprint density at radius 3 is 1.03 bits per heavy atom. The Bertz CT molecular complexity index is 947. The highest BCUT2D eigenvalue weighted by atomic mass is 16.3. The Balaban J connectivity index is 3.47. The van der Waals surface area contributed by atoms with E-state index in [4.69, 9.17) is 0 Å². The average Bonchev–Trinajstić information content (AvgIpc) is 3.26. The highest BCUT2D eigenvalue weighted by Crippen LogP contribution is 2.17. The molecule has 61 heavy (non-hydrogen) atoms. The maximum atomic E-state index is 12.5. The molecule has 0 saturated carbocycles. The SMILES string of the molecule is CCCCC/C=C/CC/C=C/CCCC(O)C(O)C(CO)NC(=O)CCCCCCCCCCCCCCCCCCC/C=C\CCCCCCCCCCCCCCCC. The summed E-state index contributed by atoms with van der Waals surface area (Å²) < 4.78 is 0. The molecule has 5 heteroatoms. The molecule has 3 atom stereocenters. The summed E-state index contributed by atoms with van der Waals surface area (Å²) in [6, 6.07) is -0.830.